The van der Waals surface area contributed by atoms with Gasteiger partial charge in [-0.1, -0.05) is 45.4 Å². The molecule has 2 rings (SSSR count). The summed E-state index contributed by atoms with van der Waals surface area (Å²) in [4.78, 5) is 8.49. The molecule has 0 atom stereocenters. The molecule has 0 bridgehead atoms. The number of unbranched alkanes of at least 4 members (excludes halogenated alkanes) is 6. The number of ether oxygens (including phenoxy) is 1. The summed E-state index contributed by atoms with van der Waals surface area (Å²) in [6.07, 6.45) is 12.7. The molecule has 0 saturated carbocycles. The van der Waals surface area contributed by atoms with Crippen LogP contribution in [0.15, 0.2) is 42.7 Å². The van der Waals surface area contributed by atoms with Crippen molar-refractivity contribution in [1.82, 2.24) is 9.97 Å². The monoisotopic (exact) mass is 298 g/mol. The predicted molar refractivity (Wildman–Crippen MR) is 91.0 cm³/mol. The highest BCUT2D eigenvalue weighted by Gasteiger charge is 2.00. The van der Waals surface area contributed by atoms with E-state index in [1.54, 1.807) is 12.4 Å². The van der Waals surface area contributed by atoms with E-state index in [-0.39, 0.29) is 0 Å². The lowest BCUT2D eigenvalue weighted by Gasteiger charge is -2.07. The molecule has 0 unspecified atom stereocenters. The van der Waals surface area contributed by atoms with Gasteiger partial charge in [0.15, 0.2) is 5.82 Å². The van der Waals surface area contributed by atoms with Crippen molar-refractivity contribution >= 4 is 0 Å². The Balaban J connectivity index is 1.65. The zero-order chi connectivity index (χ0) is 15.5. The van der Waals surface area contributed by atoms with Crippen molar-refractivity contribution < 1.29 is 4.74 Å². The Morgan fingerprint density at radius 2 is 1.45 bits per heavy atom. The number of hydrogen-bond acceptors (Lipinski definition) is 3. The Bertz CT molecular complexity index is 511. The highest BCUT2D eigenvalue weighted by atomic mass is 16.5. The molecule has 0 fully saturated rings. The number of aromatic nitrogens is 2. The summed E-state index contributed by atoms with van der Waals surface area (Å²) in [5, 5.41) is 0. The summed E-state index contributed by atoms with van der Waals surface area (Å²) in [6, 6.07) is 9.83. The van der Waals surface area contributed by atoms with Gasteiger partial charge in [0.2, 0.25) is 0 Å². The van der Waals surface area contributed by atoms with Gasteiger partial charge in [0.1, 0.15) is 5.75 Å². The first kappa shape index (κ1) is 16.5. The quantitative estimate of drug-likeness (QED) is 0.560. The van der Waals surface area contributed by atoms with E-state index < -0.39 is 0 Å². The third-order valence-corrected chi connectivity index (χ3v) is 3.69. The summed E-state index contributed by atoms with van der Waals surface area (Å²) in [7, 11) is 0. The molecular weight excluding hydrogens is 272 g/mol. The van der Waals surface area contributed by atoms with Gasteiger partial charge in [-0.3, -0.25) is 0 Å². The van der Waals surface area contributed by atoms with Crippen LogP contribution in [0, 0.1) is 0 Å². The van der Waals surface area contributed by atoms with E-state index in [4.69, 9.17) is 4.74 Å². The van der Waals surface area contributed by atoms with Gasteiger partial charge >= 0.3 is 0 Å². The molecule has 0 spiro atoms. The predicted octanol–water partition coefficient (Wildman–Crippen LogP) is 5.27. The molecule has 1 aromatic heterocycles. The van der Waals surface area contributed by atoms with Crippen molar-refractivity contribution in [3.8, 4) is 17.1 Å². The molecule has 0 saturated heterocycles. The Kier molecular flexibility index (Phi) is 7.44. The summed E-state index contributed by atoms with van der Waals surface area (Å²) < 4.78 is 5.78. The van der Waals surface area contributed by atoms with E-state index in [1.165, 1.54) is 38.5 Å². The minimum absolute atomic E-state index is 0.751. The first-order chi connectivity index (χ1) is 10.9. The molecule has 3 nitrogen and oxygen atoms in total. The second kappa shape index (κ2) is 9.93. The van der Waals surface area contributed by atoms with Gasteiger partial charge in [-0.2, -0.15) is 0 Å². The van der Waals surface area contributed by atoms with Gasteiger partial charge in [-0.05, 0) is 36.8 Å². The molecule has 0 N–H and O–H groups in total. The Hall–Kier alpha value is -1.90. The first-order valence-corrected chi connectivity index (χ1v) is 8.40. The maximum atomic E-state index is 5.78. The fourth-order valence-electron chi connectivity index (χ4n) is 2.40. The van der Waals surface area contributed by atoms with Crippen LogP contribution in [0.5, 0.6) is 5.75 Å². The van der Waals surface area contributed by atoms with Crippen molar-refractivity contribution in [2.24, 2.45) is 0 Å². The molecular formula is C19H26N2O. The van der Waals surface area contributed by atoms with Crippen LogP contribution in [0.4, 0.5) is 0 Å². The molecule has 0 aliphatic heterocycles. The first-order valence-electron chi connectivity index (χ1n) is 8.40. The van der Waals surface area contributed by atoms with Crippen molar-refractivity contribution in [3.05, 3.63) is 42.7 Å². The second-order valence-corrected chi connectivity index (χ2v) is 5.57. The van der Waals surface area contributed by atoms with Crippen molar-refractivity contribution in [3.63, 3.8) is 0 Å². The minimum Gasteiger partial charge on any atom is -0.494 e. The highest BCUT2D eigenvalue weighted by Crippen LogP contribution is 2.19. The fraction of sp³-hybridized carbons (Fsp3) is 0.474. The molecule has 0 amide bonds. The Morgan fingerprint density at radius 1 is 0.818 bits per heavy atom. The summed E-state index contributed by atoms with van der Waals surface area (Å²) in [6.45, 7) is 3.05. The number of benzene rings is 1. The smallest absolute Gasteiger partial charge is 0.159 e. The van der Waals surface area contributed by atoms with Crippen molar-refractivity contribution in [2.75, 3.05) is 6.61 Å². The van der Waals surface area contributed by atoms with Crippen molar-refractivity contribution in [2.45, 2.75) is 51.9 Å². The van der Waals surface area contributed by atoms with E-state index in [9.17, 15) is 0 Å². The topological polar surface area (TPSA) is 35.0 Å². The van der Waals surface area contributed by atoms with Crippen LogP contribution < -0.4 is 4.74 Å². The van der Waals surface area contributed by atoms with Gasteiger partial charge in [-0.15, -0.1) is 0 Å². The van der Waals surface area contributed by atoms with Crippen LogP contribution in [-0.4, -0.2) is 16.6 Å². The lowest BCUT2D eigenvalue weighted by molar-refractivity contribution is 0.304. The molecule has 3 heteroatoms. The Labute approximate surface area is 133 Å². The van der Waals surface area contributed by atoms with Crippen LogP contribution in [0.2, 0.25) is 0 Å². The van der Waals surface area contributed by atoms with E-state index in [0.717, 1.165) is 30.2 Å². The zero-order valence-electron chi connectivity index (χ0n) is 13.5. The highest BCUT2D eigenvalue weighted by molar-refractivity contribution is 5.55. The summed E-state index contributed by atoms with van der Waals surface area (Å²) in [5.41, 5.74) is 1.02. The maximum absolute atomic E-state index is 5.78. The Morgan fingerprint density at radius 3 is 2.14 bits per heavy atom. The van der Waals surface area contributed by atoms with E-state index >= 15 is 0 Å². The lowest BCUT2D eigenvalue weighted by Crippen LogP contribution is -1.97. The third kappa shape index (κ3) is 5.84. The molecule has 118 valence electrons. The lowest BCUT2D eigenvalue weighted by atomic mass is 10.1. The molecule has 0 aliphatic rings. The van der Waals surface area contributed by atoms with Gasteiger partial charge in [0.05, 0.1) is 6.61 Å². The van der Waals surface area contributed by atoms with E-state index in [0.29, 0.717) is 0 Å². The van der Waals surface area contributed by atoms with Gasteiger partial charge < -0.3 is 4.74 Å². The average molecular weight is 298 g/mol. The molecule has 22 heavy (non-hydrogen) atoms. The van der Waals surface area contributed by atoms with Crippen LogP contribution in [0.25, 0.3) is 11.4 Å². The van der Waals surface area contributed by atoms with Crippen LogP contribution in [0.1, 0.15) is 51.9 Å². The summed E-state index contributed by atoms with van der Waals surface area (Å²) in [5.74, 6) is 1.67. The van der Waals surface area contributed by atoms with Crippen molar-refractivity contribution in [1.29, 1.82) is 0 Å². The van der Waals surface area contributed by atoms with Gasteiger partial charge in [-0.25, -0.2) is 9.97 Å². The number of rotatable bonds is 10. The zero-order valence-corrected chi connectivity index (χ0v) is 13.5. The molecule has 1 aromatic carbocycles. The number of nitrogens with zero attached hydrogens (tertiary/aromatic N) is 2. The fourth-order valence-corrected chi connectivity index (χ4v) is 2.40. The van der Waals surface area contributed by atoms with E-state index in [1.807, 2.05) is 30.3 Å². The normalized spacial score (nSPS) is 10.6. The van der Waals surface area contributed by atoms with Gasteiger partial charge in [0.25, 0.3) is 0 Å². The average Bonchev–Trinajstić information content (AvgIpc) is 2.59. The van der Waals surface area contributed by atoms with Crippen LogP contribution in [0.3, 0.4) is 0 Å². The maximum Gasteiger partial charge on any atom is 0.159 e. The SMILES string of the molecule is CCCCCCCCCOc1ccc(-c2ncccn2)cc1. The standard InChI is InChI=1S/C19H26N2O/c1-2-3-4-5-6-7-8-16-22-18-12-10-17(11-13-18)19-20-14-9-15-21-19/h9-15H,2-8,16H2,1H3. The largest absolute Gasteiger partial charge is 0.494 e. The molecule has 0 radical (unpaired) electrons. The molecule has 0 aliphatic carbocycles. The second-order valence-electron chi connectivity index (χ2n) is 5.57. The molecule has 2 aromatic rings. The number of hydrogen-bond donors (Lipinski definition) is 0. The van der Waals surface area contributed by atoms with Gasteiger partial charge in [0, 0.05) is 18.0 Å². The third-order valence-electron chi connectivity index (χ3n) is 3.69. The van der Waals surface area contributed by atoms with E-state index in [2.05, 4.69) is 16.9 Å². The summed E-state index contributed by atoms with van der Waals surface area (Å²) >= 11 is 0. The molecule has 1 heterocycles. The minimum atomic E-state index is 0.751. The van der Waals surface area contributed by atoms with Crippen LogP contribution in [-0.2, 0) is 0 Å². The van der Waals surface area contributed by atoms with Crippen LogP contribution >= 0.6 is 0 Å².